The molecule has 2 heterocycles. The van der Waals surface area contributed by atoms with Gasteiger partial charge >= 0.3 is 0 Å². The number of aromatic nitrogens is 2. The largest absolute Gasteiger partial charge is 0.286 e. The summed E-state index contributed by atoms with van der Waals surface area (Å²) in [5.74, 6) is 2.61. The normalized spacial score (nSPS) is 30.6. The number of aryl methyl sites for hydroxylation is 2. The van der Waals surface area contributed by atoms with Crippen molar-refractivity contribution in [1.82, 2.24) is 15.0 Å². The van der Waals surface area contributed by atoms with E-state index >= 15 is 0 Å². The van der Waals surface area contributed by atoms with Gasteiger partial charge in [-0.25, -0.2) is 10.4 Å². The third kappa shape index (κ3) is 2.73. The highest BCUT2D eigenvalue weighted by molar-refractivity contribution is 7.18. The van der Waals surface area contributed by atoms with Crippen LogP contribution in [-0.2, 0) is 17.6 Å². The van der Waals surface area contributed by atoms with Crippen molar-refractivity contribution in [3.63, 3.8) is 0 Å². The molecule has 1 atom stereocenters. The van der Waals surface area contributed by atoms with Crippen molar-refractivity contribution in [1.29, 1.82) is 0 Å². The molecule has 4 saturated carbocycles. The number of carbonyl (C=O) groups is 1. The Hall–Kier alpha value is -2.02. The Balaban J connectivity index is 1.25. The van der Waals surface area contributed by atoms with E-state index in [0.717, 1.165) is 46.9 Å². The summed E-state index contributed by atoms with van der Waals surface area (Å²) in [5, 5.41) is 5.31. The summed E-state index contributed by atoms with van der Waals surface area (Å²) in [6, 6.07) is -0.627. The highest BCUT2D eigenvalue weighted by Crippen LogP contribution is 2.52. The minimum atomic E-state index is -0.627. The first-order valence-corrected chi connectivity index (χ1v) is 11.8. The van der Waals surface area contributed by atoms with Crippen LogP contribution in [0.25, 0.3) is 10.2 Å². The van der Waals surface area contributed by atoms with Crippen LogP contribution in [0.3, 0.4) is 0 Å². The van der Waals surface area contributed by atoms with Crippen molar-refractivity contribution >= 4 is 33.2 Å². The van der Waals surface area contributed by atoms with Crippen LogP contribution in [0.1, 0.15) is 61.9 Å². The van der Waals surface area contributed by atoms with Crippen molar-refractivity contribution in [2.75, 3.05) is 0 Å². The third-order valence-corrected chi connectivity index (χ3v) is 8.92. The van der Waals surface area contributed by atoms with Crippen LogP contribution >= 0.6 is 11.3 Å². The van der Waals surface area contributed by atoms with Crippen LogP contribution in [0.5, 0.6) is 0 Å². The van der Waals surface area contributed by atoms with Crippen LogP contribution in [0.4, 0.5) is 0 Å². The average molecular weight is 411 g/mol. The van der Waals surface area contributed by atoms with E-state index in [-0.39, 0.29) is 11.5 Å². The summed E-state index contributed by atoms with van der Waals surface area (Å²) in [4.78, 5) is 32.5. The predicted octanol–water partition coefficient (Wildman–Crippen LogP) is 3.44. The molecular formula is C22H26N4O2S. The van der Waals surface area contributed by atoms with Gasteiger partial charge in [0.15, 0.2) is 0 Å². The van der Waals surface area contributed by atoms with Crippen molar-refractivity contribution in [3.05, 3.63) is 27.1 Å². The van der Waals surface area contributed by atoms with Crippen LogP contribution in [-0.4, -0.2) is 21.2 Å². The fraction of sp³-hybridized carbons (Fsp3) is 0.636. The van der Waals surface area contributed by atoms with E-state index in [0.29, 0.717) is 11.8 Å². The van der Waals surface area contributed by atoms with Gasteiger partial charge in [0.1, 0.15) is 10.9 Å². The lowest BCUT2D eigenvalue weighted by Gasteiger charge is -2.50. The van der Waals surface area contributed by atoms with Gasteiger partial charge in [-0.15, -0.1) is 11.3 Å². The molecule has 0 aliphatic heterocycles. The smallest absolute Gasteiger partial charge is 0.263 e. The number of thiophene rings is 1. The second kappa shape index (κ2) is 6.49. The van der Waals surface area contributed by atoms with Gasteiger partial charge in [-0.1, -0.05) is 0 Å². The van der Waals surface area contributed by atoms with Crippen molar-refractivity contribution in [2.24, 2.45) is 28.8 Å². The van der Waals surface area contributed by atoms with Gasteiger partial charge in [-0.05, 0) is 87.5 Å². The fourth-order valence-corrected chi connectivity index (χ4v) is 7.68. The quantitative estimate of drug-likeness (QED) is 0.788. The first kappa shape index (κ1) is 17.8. The molecule has 2 aromatic rings. The molecule has 5 aliphatic carbocycles. The van der Waals surface area contributed by atoms with Gasteiger partial charge in [0.2, 0.25) is 0 Å². The SMILES string of the molecule is CC(C(=O)NN=C1C2CC3CC(C2)CC1C3)n1cnc2sc3c(c2c1=O)CCC3. The topological polar surface area (TPSA) is 76.3 Å². The summed E-state index contributed by atoms with van der Waals surface area (Å²) in [7, 11) is 0. The summed E-state index contributed by atoms with van der Waals surface area (Å²) >= 11 is 1.62. The molecule has 1 unspecified atom stereocenters. The molecule has 4 fully saturated rings. The van der Waals surface area contributed by atoms with E-state index < -0.39 is 6.04 Å². The number of fused-ring (bicyclic) bond motifs is 3. The van der Waals surface area contributed by atoms with E-state index in [2.05, 4.69) is 15.5 Å². The minimum absolute atomic E-state index is 0.0978. The Morgan fingerprint density at radius 2 is 1.93 bits per heavy atom. The molecule has 7 rings (SSSR count). The van der Waals surface area contributed by atoms with E-state index in [1.165, 1.54) is 53.6 Å². The molecule has 29 heavy (non-hydrogen) atoms. The van der Waals surface area contributed by atoms with Crippen molar-refractivity contribution in [2.45, 2.75) is 64.3 Å². The van der Waals surface area contributed by atoms with Gasteiger partial charge in [0.25, 0.3) is 11.5 Å². The summed E-state index contributed by atoms with van der Waals surface area (Å²) in [5.41, 5.74) is 5.05. The Labute approximate surface area is 173 Å². The molecular weight excluding hydrogens is 384 g/mol. The number of hydrogen-bond acceptors (Lipinski definition) is 5. The number of amides is 1. The van der Waals surface area contributed by atoms with E-state index in [4.69, 9.17) is 0 Å². The molecule has 1 amide bonds. The first-order valence-electron chi connectivity index (χ1n) is 11.0. The maximum Gasteiger partial charge on any atom is 0.263 e. The highest BCUT2D eigenvalue weighted by Gasteiger charge is 2.46. The van der Waals surface area contributed by atoms with E-state index in [1.54, 1.807) is 18.3 Å². The Kier molecular flexibility index (Phi) is 3.98. The standard InChI is InChI=1S/C22H26N4O2S/c1-11(26-10-23-21-18(22(26)28)16-3-2-4-17(16)29-21)20(27)25-24-19-14-6-12-5-13(8-14)9-15(19)7-12/h10-15H,2-9H2,1H3,(H,25,27). The summed E-state index contributed by atoms with van der Waals surface area (Å²) < 4.78 is 1.47. The number of hydrazone groups is 1. The number of nitrogens with one attached hydrogen (secondary N) is 1. The predicted molar refractivity (Wildman–Crippen MR) is 113 cm³/mol. The van der Waals surface area contributed by atoms with Gasteiger partial charge in [0, 0.05) is 10.6 Å². The molecule has 7 heteroatoms. The first-order chi connectivity index (χ1) is 14.1. The molecule has 152 valence electrons. The molecule has 2 aromatic heterocycles. The van der Waals surface area contributed by atoms with Crippen LogP contribution in [0.2, 0.25) is 0 Å². The molecule has 4 bridgehead atoms. The maximum absolute atomic E-state index is 13.1. The summed E-state index contributed by atoms with van der Waals surface area (Å²) in [6.45, 7) is 1.76. The van der Waals surface area contributed by atoms with E-state index in [1.807, 2.05) is 0 Å². The number of rotatable bonds is 3. The number of nitrogens with zero attached hydrogens (tertiary/aromatic N) is 3. The van der Waals surface area contributed by atoms with Crippen LogP contribution < -0.4 is 11.0 Å². The van der Waals surface area contributed by atoms with Crippen LogP contribution in [0.15, 0.2) is 16.2 Å². The van der Waals surface area contributed by atoms with Crippen LogP contribution in [0, 0.1) is 23.7 Å². The maximum atomic E-state index is 13.1. The molecule has 5 aliphatic rings. The molecule has 0 saturated heterocycles. The van der Waals surface area contributed by atoms with Crippen molar-refractivity contribution in [3.8, 4) is 0 Å². The second-order valence-electron chi connectivity index (χ2n) is 9.49. The monoisotopic (exact) mass is 410 g/mol. The Morgan fingerprint density at radius 3 is 2.66 bits per heavy atom. The molecule has 0 radical (unpaired) electrons. The summed E-state index contributed by atoms with van der Waals surface area (Å²) in [6.07, 6.45) is 10.9. The Bertz CT molecular complexity index is 1070. The zero-order valence-corrected chi connectivity index (χ0v) is 17.5. The minimum Gasteiger partial charge on any atom is -0.286 e. The molecule has 6 nitrogen and oxygen atoms in total. The lowest BCUT2D eigenvalue weighted by molar-refractivity contribution is -0.123. The lowest BCUT2D eigenvalue weighted by atomic mass is 9.55. The molecule has 0 spiro atoms. The zero-order valence-electron chi connectivity index (χ0n) is 16.7. The number of carbonyl (C=O) groups excluding carboxylic acids is 1. The number of hydrogen-bond donors (Lipinski definition) is 1. The average Bonchev–Trinajstić information content (AvgIpc) is 3.27. The zero-order chi connectivity index (χ0) is 19.7. The van der Waals surface area contributed by atoms with Gasteiger partial charge < -0.3 is 0 Å². The van der Waals surface area contributed by atoms with Crippen molar-refractivity contribution < 1.29 is 4.79 Å². The molecule has 0 aromatic carbocycles. The second-order valence-corrected chi connectivity index (χ2v) is 10.6. The van der Waals surface area contributed by atoms with Gasteiger partial charge in [0.05, 0.1) is 11.7 Å². The molecule has 1 N–H and O–H groups in total. The van der Waals surface area contributed by atoms with Gasteiger partial charge in [-0.2, -0.15) is 5.10 Å². The Morgan fingerprint density at radius 1 is 1.21 bits per heavy atom. The lowest BCUT2D eigenvalue weighted by Crippen LogP contribution is -2.46. The third-order valence-electron chi connectivity index (χ3n) is 7.72. The van der Waals surface area contributed by atoms with Gasteiger partial charge in [-0.3, -0.25) is 14.2 Å². The van der Waals surface area contributed by atoms with E-state index in [9.17, 15) is 9.59 Å². The highest BCUT2D eigenvalue weighted by atomic mass is 32.1. The fourth-order valence-electron chi connectivity index (χ4n) is 6.46.